The van der Waals surface area contributed by atoms with Gasteiger partial charge in [-0.25, -0.2) is 4.39 Å². The van der Waals surface area contributed by atoms with Crippen molar-refractivity contribution in [3.63, 3.8) is 0 Å². The summed E-state index contributed by atoms with van der Waals surface area (Å²) < 4.78 is 20.7. The Hall–Kier alpha value is -2.20. The van der Waals surface area contributed by atoms with Gasteiger partial charge in [0.1, 0.15) is 11.4 Å². The quantitative estimate of drug-likeness (QED) is 0.773. The highest BCUT2D eigenvalue weighted by Gasteiger charge is 2.45. The van der Waals surface area contributed by atoms with Crippen LogP contribution in [-0.4, -0.2) is 43.1 Å². The van der Waals surface area contributed by atoms with Crippen LogP contribution in [0.3, 0.4) is 0 Å². The van der Waals surface area contributed by atoms with Gasteiger partial charge in [-0.15, -0.1) is 0 Å². The summed E-state index contributed by atoms with van der Waals surface area (Å²) in [6.45, 7) is 2.82. The highest BCUT2D eigenvalue weighted by Crippen LogP contribution is 2.44. The second kappa shape index (κ2) is 7.00. The minimum atomic E-state index is -0.182. The fourth-order valence-electron chi connectivity index (χ4n) is 5.37. The lowest BCUT2D eigenvalue weighted by molar-refractivity contribution is 0.00832. The number of rotatable bonds is 2. The van der Waals surface area contributed by atoms with Crippen LogP contribution in [0.15, 0.2) is 53.5 Å². The Balaban J connectivity index is 1.50. The predicted molar refractivity (Wildman–Crippen MR) is 109 cm³/mol. The van der Waals surface area contributed by atoms with Crippen molar-refractivity contribution in [1.82, 2.24) is 4.90 Å². The van der Waals surface area contributed by atoms with Crippen LogP contribution in [0.1, 0.15) is 41.9 Å². The molecule has 1 unspecified atom stereocenters. The molecule has 28 heavy (non-hydrogen) atoms. The summed E-state index contributed by atoms with van der Waals surface area (Å²) in [4.78, 5) is 7.27. The number of hydrogen-bond donors (Lipinski definition) is 0. The zero-order valence-electron chi connectivity index (χ0n) is 16.4. The average Bonchev–Trinajstić information content (AvgIpc) is 3.09. The molecule has 1 saturated heterocycles. The molecule has 3 aliphatic rings. The topological polar surface area (TPSA) is 24.8 Å². The smallest absolute Gasteiger partial charge is 0.188 e. The Kier molecular flexibility index (Phi) is 4.47. The van der Waals surface area contributed by atoms with E-state index in [1.165, 1.54) is 17.2 Å². The lowest BCUT2D eigenvalue weighted by atomic mass is 9.71. The van der Waals surface area contributed by atoms with Crippen LogP contribution in [0.4, 0.5) is 4.39 Å². The number of aliphatic imine (C=N–C) groups is 1. The van der Waals surface area contributed by atoms with E-state index < -0.39 is 0 Å². The fraction of sp³-hybridized carbons (Fsp3) is 0.458. The number of piperidine rings is 1. The van der Waals surface area contributed by atoms with Crippen molar-refractivity contribution in [3.8, 4) is 0 Å². The predicted octanol–water partition coefficient (Wildman–Crippen LogP) is 4.41. The van der Waals surface area contributed by atoms with Crippen molar-refractivity contribution in [3.05, 3.63) is 71.0 Å². The third-order valence-corrected chi connectivity index (χ3v) is 6.62. The van der Waals surface area contributed by atoms with E-state index in [0.29, 0.717) is 0 Å². The third kappa shape index (κ3) is 3.14. The van der Waals surface area contributed by atoms with Gasteiger partial charge in [-0.2, -0.15) is 0 Å². The van der Waals surface area contributed by atoms with E-state index >= 15 is 0 Å². The molecule has 0 N–H and O–H groups in total. The van der Waals surface area contributed by atoms with Crippen LogP contribution < -0.4 is 0 Å². The van der Waals surface area contributed by atoms with E-state index in [2.05, 4.69) is 36.2 Å². The van der Waals surface area contributed by atoms with E-state index in [1.54, 1.807) is 6.07 Å². The van der Waals surface area contributed by atoms with E-state index in [0.717, 1.165) is 56.8 Å². The van der Waals surface area contributed by atoms with E-state index in [9.17, 15) is 4.39 Å². The molecule has 2 heterocycles. The van der Waals surface area contributed by atoms with Crippen LogP contribution >= 0.6 is 0 Å². The van der Waals surface area contributed by atoms with Crippen LogP contribution in [-0.2, 0) is 11.2 Å². The monoisotopic (exact) mass is 378 g/mol. The Morgan fingerprint density at radius 2 is 2.07 bits per heavy atom. The summed E-state index contributed by atoms with van der Waals surface area (Å²) in [6, 6.07) is 15.6. The van der Waals surface area contributed by atoms with Gasteiger partial charge in [0.2, 0.25) is 0 Å². The number of likely N-dealkylation sites (tertiary alicyclic amines) is 1. The molecular weight excluding hydrogens is 351 g/mol. The molecule has 2 aliphatic heterocycles. The Morgan fingerprint density at radius 1 is 1.18 bits per heavy atom. The molecule has 0 amide bonds. The second-order valence-electron chi connectivity index (χ2n) is 8.66. The molecule has 1 spiro atoms. The number of hydrogen-bond acceptors (Lipinski definition) is 3. The first-order valence-electron chi connectivity index (χ1n) is 10.4. The van der Waals surface area contributed by atoms with Gasteiger partial charge in [-0.3, -0.25) is 4.99 Å². The zero-order valence-corrected chi connectivity index (χ0v) is 16.4. The first-order chi connectivity index (χ1) is 13.6. The van der Waals surface area contributed by atoms with E-state index in [1.807, 2.05) is 12.1 Å². The molecule has 2 aromatic carbocycles. The first-order valence-corrected chi connectivity index (χ1v) is 10.4. The summed E-state index contributed by atoms with van der Waals surface area (Å²) in [5, 5.41) is 0. The van der Waals surface area contributed by atoms with Crippen molar-refractivity contribution in [2.75, 3.05) is 26.7 Å². The molecule has 146 valence electrons. The molecular formula is C24H27FN2O. The lowest BCUT2D eigenvalue weighted by Gasteiger charge is -2.39. The zero-order chi connectivity index (χ0) is 19.1. The van der Waals surface area contributed by atoms with Gasteiger partial charge in [0.15, 0.2) is 5.90 Å². The molecule has 1 aliphatic carbocycles. The number of benzene rings is 2. The Morgan fingerprint density at radius 3 is 2.93 bits per heavy atom. The first kappa shape index (κ1) is 17.9. The SMILES string of the molecule is CN1CCC[C@@]2(CN=C(C3CCc4ccccc4[C@H]3c3cccc(F)c3)O2)C1. The van der Waals surface area contributed by atoms with Gasteiger partial charge >= 0.3 is 0 Å². The largest absolute Gasteiger partial charge is 0.471 e. The van der Waals surface area contributed by atoms with Crippen LogP contribution in [0.5, 0.6) is 0 Å². The molecule has 1 fully saturated rings. The Labute approximate surface area is 166 Å². The lowest BCUT2D eigenvalue weighted by Crippen LogP contribution is -2.49. The summed E-state index contributed by atoms with van der Waals surface area (Å²) in [5.41, 5.74) is 3.51. The highest BCUT2D eigenvalue weighted by atomic mass is 19.1. The maximum absolute atomic E-state index is 14.1. The molecule has 0 bridgehead atoms. The summed E-state index contributed by atoms with van der Waals surface area (Å²) in [7, 11) is 2.16. The number of ether oxygens (including phenoxy) is 1. The fourth-order valence-corrected chi connectivity index (χ4v) is 5.37. The normalized spacial score (nSPS) is 30.0. The minimum Gasteiger partial charge on any atom is -0.471 e. The second-order valence-corrected chi connectivity index (χ2v) is 8.66. The summed E-state index contributed by atoms with van der Waals surface area (Å²) in [5.74, 6) is 0.970. The Bertz CT molecular complexity index is 911. The maximum atomic E-state index is 14.1. The van der Waals surface area contributed by atoms with Gasteiger partial charge in [0.25, 0.3) is 0 Å². The van der Waals surface area contributed by atoms with Crippen molar-refractivity contribution in [2.45, 2.75) is 37.2 Å². The van der Waals surface area contributed by atoms with Crippen LogP contribution in [0, 0.1) is 11.7 Å². The van der Waals surface area contributed by atoms with Gasteiger partial charge < -0.3 is 9.64 Å². The number of likely N-dealkylation sites (N-methyl/N-ethyl adjacent to an activating group) is 1. The highest BCUT2D eigenvalue weighted by molar-refractivity contribution is 5.83. The van der Waals surface area contributed by atoms with E-state index in [4.69, 9.17) is 9.73 Å². The standard InChI is InChI=1S/C24H27FN2O/c1-27-13-5-12-24(16-27)15-26-23(28-24)21-11-10-17-6-2-3-9-20(17)22(21)18-7-4-8-19(25)14-18/h2-4,6-9,14,21-22H,5,10-13,15-16H2,1H3/t21?,22-,24-/m1/s1. The molecule has 3 atom stereocenters. The number of halogens is 1. The van der Waals surface area contributed by atoms with Crippen LogP contribution in [0.2, 0.25) is 0 Å². The number of nitrogens with zero attached hydrogens (tertiary/aromatic N) is 2. The van der Waals surface area contributed by atoms with Gasteiger partial charge in [-0.05, 0) is 68.1 Å². The molecule has 0 saturated carbocycles. The van der Waals surface area contributed by atoms with Crippen molar-refractivity contribution >= 4 is 5.90 Å². The molecule has 5 rings (SSSR count). The molecule has 2 aromatic rings. The molecule has 4 heteroatoms. The van der Waals surface area contributed by atoms with Gasteiger partial charge in [0.05, 0.1) is 6.54 Å². The summed E-state index contributed by atoms with van der Waals surface area (Å²) >= 11 is 0. The molecule has 0 aromatic heterocycles. The van der Waals surface area contributed by atoms with Gasteiger partial charge in [0, 0.05) is 18.4 Å². The molecule has 0 radical (unpaired) electrons. The molecule has 3 nitrogen and oxygen atoms in total. The third-order valence-electron chi connectivity index (χ3n) is 6.62. The number of aryl methyl sites for hydroxylation is 1. The van der Waals surface area contributed by atoms with Gasteiger partial charge in [-0.1, -0.05) is 36.4 Å². The summed E-state index contributed by atoms with van der Waals surface area (Å²) in [6.07, 6.45) is 4.23. The van der Waals surface area contributed by atoms with E-state index in [-0.39, 0.29) is 23.3 Å². The van der Waals surface area contributed by atoms with Crippen LogP contribution in [0.25, 0.3) is 0 Å². The van der Waals surface area contributed by atoms with Crippen molar-refractivity contribution < 1.29 is 9.13 Å². The number of fused-ring (bicyclic) bond motifs is 1. The minimum absolute atomic E-state index is 0.0934. The average molecular weight is 378 g/mol. The maximum Gasteiger partial charge on any atom is 0.188 e. The van der Waals surface area contributed by atoms with Crippen molar-refractivity contribution in [1.29, 1.82) is 0 Å². The van der Waals surface area contributed by atoms with Crippen molar-refractivity contribution in [2.24, 2.45) is 10.9 Å².